The van der Waals surface area contributed by atoms with E-state index in [9.17, 15) is 8.42 Å². The molecule has 2 aromatic rings. The fourth-order valence-electron chi connectivity index (χ4n) is 2.92. The number of hydrogen-bond donors (Lipinski definition) is 2. The van der Waals surface area contributed by atoms with Crippen LogP contribution in [-0.2, 0) is 10.1 Å². The zero-order valence-electron chi connectivity index (χ0n) is 15.7. The highest BCUT2D eigenvalue weighted by molar-refractivity contribution is 7.85. The largest absolute Gasteiger partial charge is 0.491 e. The van der Waals surface area contributed by atoms with Gasteiger partial charge in [0.05, 0.1) is 11.1 Å². The summed E-state index contributed by atoms with van der Waals surface area (Å²) in [7, 11) is -1.86. The predicted molar refractivity (Wildman–Crippen MR) is 104 cm³/mol. The van der Waals surface area contributed by atoms with Crippen molar-refractivity contribution in [2.75, 3.05) is 26.7 Å². The Morgan fingerprint density at radius 2 is 2.00 bits per heavy atom. The number of benzene rings is 1. The minimum Gasteiger partial charge on any atom is -0.491 e. The van der Waals surface area contributed by atoms with Crippen molar-refractivity contribution >= 4 is 10.1 Å². The lowest BCUT2D eigenvalue weighted by atomic mass is 10.1. The summed E-state index contributed by atoms with van der Waals surface area (Å²) in [5.74, 6) is 0.822. The highest BCUT2D eigenvalue weighted by atomic mass is 32.2. The third-order valence-electron chi connectivity index (χ3n) is 4.34. The Kier molecular flexibility index (Phi) is 7.73. The highest BCUT2D eigenvalue weighted by Gasteiger charge is 2.22. The topological polar surface area (TPSA) is 106 Å². The maximum Gasteiger partial charge on any atom is 0.294 e. The van der Waals surface area contributed by atoms with E-state index in [2.05, 4.69) is 23.0 Å². The van der Waals surface area contributed by atoms with Crippen LogP contribution in [0, 0.1) is 6.92 Å². The summed E-state index contributed by atoms with van der Waals surface area (Å²) in [5.41, 5.74) is 7.61. The summed E-state index contributed by atoms with van der Waals surface area (Å²) in [6.45, 7) is 4.09. The molecule has 1 aliphatic rings. The normalized spacial score (nSPS) is 17.3. The van der Waals surface area contributed by atoms with Crippen LogP contribution in [0.15, 0.2) is 47.6 Å². The van der Waals surface area contributed by atoms with Crippen LogP contribution in [0.3, 0.4) is 0 Å². The maximum absolute atomic E-state index is 10.5. The second kappa shape index (κ2) is 9.80. The first-order valence-corrected chi connectivity index (χ1v) is 10.3. The van der Waals surface area contributed by atoms with E-state index in [0.717, 1.165) is 11.3 Å². The smallest absolute Gasteiger partial charge is 0.294 e. The van der Waals surface area contributed by atoms with Crippen molar-refractivity contribution in [2.45, 2.75) is 30.7 Å². The van der Waals surface area contributed by atoms with E-state index >= 15 is 0 Å². The Hall–Kier alpha value is -2.00. The van der Waals surface area contributed by atoms with E-state index in [0.29, 0.717) is 19.2 Å². The molecule has 1 aliphatic heterocycles. The van der Waals surface area contributed by atoms with Gasteiger partial charge in [0.1, 0.15) is 12.4 Å². The van der Waals surface area contributed by atoms with Crippen LogP contribution < -0.4 is 10.5 Å². The summed E-state index contributed by atoms with van der Waals surface area (Å²) in [6.07, 6.45) is 6.14. The van der Waals surface area contributed by atoms with Crippen LogP contribution in [0.4, 0.5) is 0 Å². The number of aromatic nitrogens is 1. The molecule has 0 radical (unpaired) electrons. The van der Waals surface area contributed by atoms with Gasteiger partial charge >= 0.3 is 0 Å². The Morgan fingerprint density at radius 3 is 2.56 bits per heavy atom. The van der Waals surface area contributed by atoms with Crippen molar-refractivity contribution < 1.29 is 17.7 Å². The predicted octanol–water partition coefficient (Wildman–Crippen LogP) is 2.43. The van der Waals surface area contributed by atoms with E-state index in [-0.39, 0.29) is 4.90 Å². The van der Waals surface area contributed by atoms with Crippen LogP contribution in [0.25, 0.3) is 0 Å². The second-order valence-electron chi connectivity index (χ2n) is 6.52. The number of hydrogen-bond acceptors (Lipinski definition) is 6. The van der Waals surface area contributed by atoms with Gasteiger partial charge in [-0.2, -0.15) is 8.42 Å². The van der Waals surface area contributed by atoms with Gasteiger partial charge in [0.25, 0.3) is 10.1 Å². The van der Waals surface area contributed by atoms with Gasteiger partial charge in [-0.1, -0.05) is 17.7 Å². The average Bonchev–Trinajstić information content (AvgIpc) is 3.06. The Morgan fingerprint density at radius 1 is 1.30 bits per heavy atom. The minimum absolute atomic E-state index is 0.0666. The number of nitrogens with two attached hydrogens (primary N) is 1. The molecule has 148 valence electrons. The number of aryl methyl sites for hydroxylation is 1. The Labute approximate surface area is 160 Å². The van der Waals surface area contributed by atoms with E-state index in [4.69, 9.17) is 15.0 Å². The van der Waals surface area contributed by atoms with E-state index in [1.54, 1.807) is 18.3 Å². The third kappa shape index (κ3) is 6.59. The maximum atomic E-state index is 10.5. The molecule has 27 heavy (non-hydrogen) atoms. The lowest BCUT2D eigenvalue weighted by molar-refractivity contribution is 0.309. The lowest BCUT2D eigenvalue weighted by Crippen LogP contribution is -2.17. The molecule has 8 heteroatoms. The Bertz CT molecular complexity index is 825. The van der Waals surface area contributed by atoms with Crippen LogP contribution >= 0.6 is 0 Å². The minimum atomic E-state index is -4.02. The standard InChI is InChI=1S/C12H19N3O.C7H8O3S/c1-15-5-2-3-12(15)10-7-11(9-14-8-10)16-6-4-13;1-6-2-4-7(5-3-6)11(8,9)10/h7-9,12H,2-6,13H2,1H3;2-5H,1H3,(H,8,9,10)/t12-;/m0./s1. The number of rotatable bonds is 5. The van der Waals surface area contributed by atoms with Crippen molar-refractivity contribution in [1.29, 1.82) is 0 Å². The summed E-state index contributed by atoms with van der Waals surface area (Å²) in [4.78, 5) is 6.52. The first-order chi connectivity index (χ1) is 12.8. The summed E-state index contributed by atoms with van der Waals surface area (Å²) in [5, 5.41) is 0. The SMILES string of the molecule is CN1CCC[C@H]1c1cncc(OCCN)c1.Cc1ccc(S(=O)(=O)O)cc1. The van der Waals surface area contributed by atoms with Crippen LogP contribution in [0.2, 0.25) is 0 Å². The number of ether oxygens (including phenoxy) is 1. The molecule has 1 saturated heterocycles. The van der Waals surface area contributed by atoms with Crippen LogP contribution in [-0.4, -0.2) is 49.6 Å². The van der Waals surface area contributed by atoms with Crippen LogP contribution in [0.5, 0.6) is 5.75 Å². The zero-order valence-corrected chi connectivity index (χ0v) is 16.5. The van der Waals surface area contributed by atoms with Gasteiger partial charge in [-0.05, 0) is 57.1 Å². The molecule has 1 fully saturated rings. The van der Waals surface area contributed by atoms with E-state index in [1.807, 2.05) is 13.1 Å². The zero-order chi connectivity index (χ0) is 19.9. The molecule has 0 aliphatic carbocycles. The van der Waals surface area contributed by atoms with Crippen molar-refractivity contribution in [2.24, 2.45) is 5.73 Å². The molecule has 3 rings (SSSR count). The molecule has 1 aromatic heterocycles. The highest BCUT2D eigenvalue weighted by Crippen LogP contribution is 2.31. The van der Waals surface area contributed by atoms with E-state index < -0.39 is 10.1 Å². The molecule has 3 N–H and O–H groups in total. The van der Waals surface area contributed by atoms with Gasteiger partial charge < -0.3 is 10.5 Å². The molecular weight excluding hydrogens is 366 g/mol. The molecule has 0 amide bonds. The van der Waals surface area contributed by atoms with Gasteiger partial charge in [-0.15, -0.1) is 0 Å². The monoisotopic (exact) mass is 393 g/mol. The fourth-order valence-corrected chi connectivity index (χ4v) is 3.40. The fraction of sp³-hybridized carbons (Fsp3) is 0.421. The summed E-state index contributed by atoms with van der Waals surface area (Å²) in [6, 6.07) is 8.56. The third-order valence-corrected chi connectivity index (χ3v) is 5.21. The number of likely N-dealkylation sites (tertiary alicyclic amines) is 1. The molecule has 0 unspecified atom stereocenters. The first-order valence-electron chi connectivity index (χ1n) is 8.83. The van der Waals surface area contributed by atoms with Crippen molar-refractivity contribution in [1.82, 2.24) is 9.88 Å². The number of nitrogens with zero attached hydrogens (tertiary/aromatic N) is 2. The molecule has 0 spiro atoms. The molecule has 0 bridgehead atoms. The van der Waals surface area contributed by atoms with Gasteiger partial charge in [0.2, 0.25) is 0 Å². The van der Waals surface area contributed by atoms with Crippen molar-refractivity contribution in [3.05, 3.63) is 53.9 Å². The second-order valence-corrected chi connectivity index (χ2v) is 7.94. The summed E-state index contributed by atoms with van der Waals surface area (Å²) >= 11 is 0. The molecule has 2 heterocycles. The quantitative estimate of drug-likeness (QED) is 0.752. The van der Waals surface area contributed by atoms with Gasteiger partial charge in [0, 0.05) is 18.8 Å². The Balaban J connectivity index is 0.000000208. The van der Waals surface area contributed by atoms with Gasteiger partial charge in [0.15, 0.2) is 0 Å². The first kappa shape index (κ1) is 21.3. The lowest BCUT2D eigenvalue weighted by Gasteiger charge is -2.19. The summed E-state index contributed by atoms with van der Waals surface area (Å²) < 4.78 is 35.0. The molecular formula is C19H27N3O4S. The van der Waals surface area contributed by atoms with Crippen molar-refractivity contribution in [3.63, 3.8) is 0 Å². The molecule has 1 aromatic carbocycles. The van der Waals surface area contributed by atoms with Crippen LogP contribution in [0.1, 0.15) is 30.0 Å². The number of pyridine rings is 1. The molecule has 0 saturated carbocycles. The molecule has 1 atom stereocenters. The van der Waals surface area contributed by atoms with Gasteiger partial charge in [-0.3, -0.25) is 14.4 Å². The average molecular weight is 394 g/mol. The van der Waals surface area contributed by atoms with E-state index in [1.165, 1.54) is 37.1 Å². The van der Waals surface area contributed by atoms with Crippen molar-refractivity contribution in [3.8, 4) is 5.75 Å². The van der Waals surface area contributed by atoms with Gasteiger partial charge in [-0.25, -0.2) is 0 Å². The molecule has 7 nitrogen and oxygen atoms in total.